The summed E-state index contributed by atoms with van der Waals surface area (Å²) in [5.41, 5.74) is 2.88. The van der Waals surface area contributed by atoms with Crippen molar-refractivity contribution in [1.29, 1.82) is 0 Å². The highest BCUT2D eigenvalue weighted by molar-refractivity contribution is 5.59. The van der Waals surface area contributed by atoms with Crippen molar-refractivity contribution in [1.82, 2.24) is 19.6 Å². The maximum atomic E-state index is 4.21. The zero-order valence-corrected chi connectivity index (χ0v) is 6.23. The smallest absolute Gasteiger partial charge is 0.153 e. The molecule has 0 atom stereocenters. The van der Waals surface area contributed by atoms with E-state index in [9.17, 15) is 0 Å². The summed E-state index contributed by atoms with van der Waals surface area (Å²) in [6.45, 7) is 0. The molecule has 2 aliphatic heterocycles. The van der Waals surface area contributed by atoms with Crippen molar-refractivity contribution < 1.29 is 0 Å². The normalized spacial score (nSPS) is 11.3. The van der Waals surface area contributed by atoms with Crippen LogP contribution in [0.15, 0.2) is 30.7 Å². The Labute approximate surface area is 68.2 Å². The summed E-state index contributed by atoms with van der Waals surface area (Å²) in [5, 5.41) is 3.06. The van der Waals surface area contributed by atoms with E-state index >= 15 is 0 Å². The largest absolute Gasteiger partial charge is 0.299 e. The molecular weight excluding hydrogens is 152 g/mol. The molecule has 1 aromatic rings. The van der Waals surface area contributed by atoms with Crippen molar-refractivity contribution in [3.8, 4) is 11.4 Å². The predicted molar refractivity (Wildman–Crippen MR) is 44.0 cm³/mol. The number of aromatic amines is 1. The van der Waals surface area contributed by atoms with Crippen LogP contribution in [0, 0.1) is 0 Å². The minimum atomic E-state index is 0.912. The highest BCUT2D eigenvalue weighted by Gasteiger charge is 2.07. The Morgan fingerprint density at radius 3 is 3.25 bits per heavy atom. The molecule has 0 bridgehead atoms. The third-order valence-corrected chi connectivity index (χ3v) is 1.93. The van der Waals surface area contributed by atoms with E-state index in [1.54, 1.807) is 12.4 Å². The lowest BCUT2D eigenvalue weighted by molar-refractivity contribution is 0.946. The molecule has 3 heterocycles. The summed E-state index contributed by atoms with van der Waals surface area (Å²) in [6, 6.07) is 3.88. The molecule has 0 saturated heterocycles. The molecule has 58 valence electrons. The van der Waals surface area contributed by atoms with E-state index in [0.29, 0.717) is 0 Å². The minimum absolute atomic E-state index is 0.912. The van der Waals surface area contributed by atoms with Gasteiger partial charge in [0, 0.05) is 18.5 Å². The van der Waals surface area contributed by atoms with Gasteiger partial charge in [-0.15, -0.1) is 0 Å². The quantitative estimate of drug-likeness (QED) is 0.533. The molecule has 2 aliphatic rings. The number of aromatic nitrogens is 4. The van der Waals surface area contributed by atoms with Crippen molar-refractivity contribution in [3.63, 3.8) is 0 Å². The van der Waals surface area contributed by atoms with Gasteiger partial charge < -0.3 is 0 Å². The van der Waals surface area contributed by atoms with Gasteiger partial charge in [-0.1, -0.05) is 0 Å². The van der Waals surface area contributed by atoms with Gasteiger partial charge in [0.2, 0.25) is 0 Å². The lowest BCUT2D eigenvalue weighted by Gasteiger charge is -1.99. The fourth-order valence-electron chi connectivity index (χ4n) is 1.38. The summed E-state index contributed by atoms with van der Waals surface area (Å²) in [7, 11) is 0. The van der Waals surface area contributed by atoms with Crippen LogP contribution in [0.1, 0.15) is 0 Å². The van der Waals surface area contributed by atoms with Crippen molar-refractivity contribution in [2.75, 3.05) is 0 Å². The second-order valence-corrected chi connectivity index (χ2v) is 2.63. The molecule has 0 saturated carbocycles. The van der Waals surface area contributed by atoms with E-state index < -0.39 is 0 Å². The van der Waals surface area contributed by atoms with Gasteiger partial charge in [0.15, 0.2) is 5.65 Å². The molecule has 12 heavy (non-hydrogen) atoms. The molecule has 0 aromatic carbocycles. The first-order valence-corrected chi connectivity index (χ1v) is 3.71. The van der Waals surface area contributed by atoms with Crippen LogP contribution >= 0.6 is 0 Å². The summed E-state index contributed by atoms with van der Waals surface area (Å²) in [6.07, 6.45) is 5.41. The number of hydrogen-bond donors (Lipinski definition) is 1. The molecule has 0 unspecified atom stereocenters. The third-order valence-electron chi connectivity index (χ3n) is 1.93. The maximum absolute atomic E-state index is 4.21. The van der Waals surface area contributed by atoms with Crippen molar-refractivity contribution in [2.45, 2.75) is 0 Å². The van der Waals surface area contributed by atoms with Gasteiger partial charge in [-0.3, -0.25) is 10.1 Å². The highest BCUT2D eigenvalue weighted by Crippen LogP contribution is 2.18. The summed E-state index contributed by atoms with van der Waals surface area (Å²) >= 11 is 0. The zero-order valence-electron chi connectivity index (χ0n) is 6.23. The summed E-state index contributed by atoms with van der Waals surface area (Å²) in [4.78, 5) is 8.36. The molecule has 4 nitrogen and oxygen atoms in total. The second kappa shape index (κ2) is 1.85. The van der Waals surface area contributed by atoms with Crippen LogP contribution in [0.4, 0.5) is 0 Å². The Kier molecular flexibility index (Phi) is 0.889. The maximum Gasteiger partial charge on any atom is 0.153 e. The SMILES string of the molecule is c1cc2n3[nH]ccc3ncc-2n1. The van der Waals surface area contributed by atoms with Crippen LogP contribution in [0.3, 0.4) is 0 Å². The van der Waals surface area contributed by atoms with E-state index in [0.717, 1.165) is 17.0 Å². The number of rotatable bonds is 0. The van der Waals surface area contributed by atoms with Crippen LogP contribution in [-0.2, 0) is 0 Å². The van der Waals surface area contributed by atoms with Gasteiger partial charge in [0.25, 0.3) is 0 Å². The minimum Gasteiger partial charge on any atom is -0.299 e. The van der Waals surface area contributed by atoms with E-state index in [1.165, 1.54) is 0 Å². The van der Waals surface area contributed by atoms with Crippen LogP contribution in [0.25, 0.3) is 17.0 Å². The molecule has 0 fully saturated rings. The Morgan fingerprint density at radius 1 is 1.25 bits per heavy atom. The number of nitrogens with one attached hydrogen (secondary N) is 1. The third kappa shape index (κ3) is 0.567. The topological polar surface area (TPSA) is 46.0 Å². The van der Waals surface area contributed by atoms with Crippen molar-refractivity contribution >= 4 is 5.65 Å². The van der Waals surface area contributed by atoms with E-state index in [2.05, 4.69) is 15.1 Å². The monoisotopic (exact) mass is 158 g/mol. The Balaban J connectivity index is 2.61. The molecule has 0 spiro atoms. The molecule has 1 aromatic heterocycles. The van der Waals surface area contributed by atoms with Gasteiger partial charge in [0.05, 0.1) is 11.9 Å². The fourth-order valence-corrected chi connectivity index (χ4v) is 1.38. The van der Waals surface area contributed by atoms with Crippen LogP contribution < -0.4 is 0 Å². The lowest BCUT2D eigenvalue weighted by Crippen LogP contribution is -1.94. The first-order chi connectivity index (χ1) is 5.95. The average molecular weight is 158 g/mol. The van der Waals surface area contributed by atoms with Gasteiger partial charge in [-0.05, 0) is 6.07 Å². The molecular formula is C8H6N4. The van der Waals surface area contributed by atoms with Crippen LogP contribution in [0.5, 0.6) is 0 Å². The van der Waals surface area contributed by atoms with Crippen LogP contribution in [-0.4, -0.2) is 19.6 Å². The predicted octanol–water partition coefficient (Wildman–Crippen LogP) is 1.16. The van der Waals surface area contributed by atoms with E-state index in [-0.39, 0.29) is 0 Å². The molecule has 1 N–H and O–H groups in total. The number of hydrogen-bond acceptors (Lipinski definition) is 2. The molecule has 0 amide bonds. The number of fused-ring (bicyclic) bond motifs is 3. The first kappa shape index (κ1) is 5.77. The van der Waals surface area contributed by atoms with Gasteiger partial charge in [-0.2, -0.15) is 0 Å². The van der Waals surface area contributed by atoms with Crippen molar-refractivity contribution in [3.05, 3.63) is 30.7 Å². The van der Waals surface area contributed by atoms with Crippen molar-refractivity contribution in [2.24, 2.45) is 0 Å². The average Bonchev–Trinajstić information content (AvgIpc) is 2.71. The molecule has 4 heteroatoms. The molecule has 3 rings (SSSR count). The highest BCUT2D eigenvalue weighted by atomic mass is 15.3. The second-order valence-electron chi connectivity index (χ2n) is 2.63. The molecule has 0 aliphatic carbocycles. The standard InChI is InChI=1S/C8H6N4/c1-3-9-6-5-10-8-2-4-11-12(8)7(1)6/h1-5,11H. The Bertz CT molecular complexity index is 493. The van der Waals surface area contributed by atoms with Gasteiger partial charge >= 0.3 is 0 Å². The van der Waals surface area contributed by atoms with E-state index in [4.69, 9.17) is 0 Å². The van der Waals surface area contributed by atoms with Crippen LogP contribution in [0.2, 0.25) is 0 Å². The fraction of sp³-hybridized carbons (Fsp3) is 0. The zero-order chi connectivity index (χ0) is 7.97. The Morgan fingerprint density at radius 2 is 2.25 bits per heavy atom. The summed E-state index contributed by atoms with van der Waals surface area (Å²) in [5.74, 6) is 0. The van der Waals surface area contributed by atoms with Gasteiger partial charge in [-0.25, -0.2) is 9.50 Å². The lowest BCUT2D eigenvalue weighted by atomic mass is 10.3. The number of nitrogens with zero attached hydrogens (tertiary/aromatic N) is 3. The van der Waals surface area contributed by atoms with E-state index in [1.807, 2.05) is 22.8 Å². The Hall–Kier alpha value is -1.84. The van der Waals surface area contributed by atoms with Gasteiger partial charge in [0.1, 0.15) is 5.69 Å². The molecule has 0 radical (unpaired) electrons. The first-order valence-electron chi connectivity index (χ1n) is 3.71. The number of H-pyrrole nitrogens is 1. The summed E-state index contributed by atoms with van der Waals surface area (Å²) < 4.78 is 1.91.